The molecule has 1 aromatic carbocycles. The van der Waals surface area contributed by atoms with Crippen LogP contribution in [0.5, 0.6) is 11.5 Å². The molecule has 6 heteroatoms. The average Bonchev–Trinajstić information content (AvgIpc) is 2.42. The molecule has 1 saturated heterocycles. The molecule has 0 spiro atoms. The van der Waals surface area contributed by atoms with Gasteiger partial charge in [-0.05, 0) is 43.6 Å². The molecule has 0 bridgehead atoms. The molecule has 0 atom stereocenters. The van der Waals surface area contributed by atoms with E-state index < -0.39 is 0 Å². The zero-order valence-corrected chi connectivity index (χ0v) is 13.7. The van der Waals surface area contributed by atoms with Gasteiger partial charge in [-0.25, -0.2) is 0 Å². The minimum Gasteiger partial charge on any atom is -0.486 e. The molecule has 0 amide bonds. The maximum absolute atomic E-state index is 5.94. The lowest BCUT2D eigenvalue weighted by atomic mass is 10.1. The summed E-state index contributed by atoms with van der Waals surface area (Å²) in [6.07, 6.45) is 2.17. The molecule has 0 aliphatic carbocycles. The fourth-order valence-electron chi connectivity index (χ4n) is 2.58. The maximum atomic E-state index is 5.94. The van der Waals surface area contributed by atoms with Gasteiger partial charge in [-0.2, -0.15) is 0 Å². The van der Waals surface area contributed by atoms with Crippen molar-refractivity contribution in [2.24, 2.45) is 5.73 Å². The highest BCUT2D eigenvalue weighted by Crippen LogP contribution is 2.36. The molecule has 0 radical (unpaired) electrons. The molecule has 2 N–H and O–H groups in total. The number of ether oxygens (including phenoxy) is 2. The van der Waals surface area contributed by atoms with Crippen LogP contribution in [0.4, 0.5) is 0 Å². The summed E-state index contributed by atoms with van der Waals surface area (Å²) in [6.45, 7) is 4.34. The summed E-state index contributed by atoms with van der Waals surface area (Å²) in [6, 6.07) is 4.48. The molecule has 20 heavy (non-hydrogen) atoms. The van der Waals surface area contributed by atoms with Crippen LogP contribution in [0.1, 0.15) is 18.4 Å². The molecule has 1 fully saturated rings. The topological polar surface area (TPSA) is 47.7 Å². The summed E-state index contributed by atoms with van der Waals surface area (Å²) in [5.41, 5.74) is 7.19. The Bertz CT molecular complexity index is 465. The van der Waals surface area contributed by atoms with Crippen LogP contribution in [0, 0.1) is 0 Å². The van der Waals surface area contributed by atoms with Gasteiger partial charge in [0.1, 0.15) is 13.2 Å². The average molecular weight is 364 g/mol. The fraction of sp³-hybridized carbons (Fsp3) is 0.571. The Labute approximate surface area is 134 Å². The molecule has 2 aliphatic rings. The highest BCUT2D eigenvalue weighted by molar-refractivity contribution is 9.10. The molecule has 0 aromatic heterocycles. The van der Waals surface area contributed by atoms with E-state index >= 15 is 0 Å². The lowest BCUT2D eigenvalue weighted by Gasteiger charge is -2.30. The van der Waals surface area contributed by atoms with Crippen molar-refractivity contribution in [1.29, 1.82) is 0 Å². The monoisotopic (exact) mass is 362 g/mol. The predicted molar refractivity (Wildman–Crippen MR) is 84.9 cm³/mol. The third kappa shape index (κ3) is 3.58. The van der Waals surface area contributed by atoms with Crippen LogP contribution in [0.2, 0.25) is 0 Å². The normalized spacial score (nSPS) is 19.5. The summed E-state index contributed by atoms with van der Waals surface area (Å²) < 4.78 is 12.3. The van der Waals surface area contributed by atoms with Crippen molar-refractivity contribution in [3.63, 3.8) is 0 Å². The number of benzene rings is 1. The number of likely N-dealkylation sites (tertiary alicyclic amines) is 1. The molecule has 3 rings (SSSR count). The second-order valence-corrected chi connectivity index (χ2v) is 6.06. The van der Waals surface area contributed by atoms with E-state index in [0.717, 1.165) is 48.4 Å². The molecule has 0 unspecified atom stereocenters. The van der Waals surface area contributed by atoms with Crippen LogP contribution < -0.4 is 15.2 Å². The van der Waals surface area contributed by atoms with Gasteiger partial charge in [0, 0.05) is 17.1 Å². The van der Waals surface area contributed by atoms with Crippen LogP contribution in [0.25, 0.3) is 0 Å². The minimum absolute atomic E-state index is 0. The zero-order valence-electron chi connectivity index (χ0n) is 11.3. The van der Waals surface area contributed by atoms with E-state index in [-0.39, 0.29) is 12.4 Å². The van der Waals surface area contributed by atoms with E-state index in [0.29, 0.717) is 19.3 Å². The minimum atomic E-state index is 0. The van der Waals surface area contributed by atoms with Gasteiger partial charge < -0.3 is 15.2 Å². The standard InChI is InChI=1S/C14H19BrN2O2.ClH/c15-12-8-14-13(18-5-6-19-14)7-10(12)9-17-3-1-11(16)2-4-17;/h7-8,11H,1-6,9,16H2;1H. The van der Waals surface area contributed by atoms with Gasteiger partial charge in [-0.15, -0.1) is 12.4 Å². The van der Waals surface area contributed by atoms with Gasteiger partial charge in [0.15, 0.2) is 11.5 Å². The Balaban J connectivity index is 0.00000147. The number of nitrogens with two attached hydrogens (primary N) is 1. The van der Waals surface area contributed by atoms with E-state index in [1.807, 2.05) is 6.07 Å². The summed E-state index contributed by atoms with van der Waals surface area (Å²) in [7, 11) is 0. The van der Waals surface area contributed by atoms with Crippen molar-refractivity contribution in [2.75, 3.05) is 26.3 Å². The molecule has 2 heterocycles. The number of rotatable bonds is 2. The number of hydrogen-bond acceptors (Lipinski definition) is 4. The fourth-order valence-corrected chi connectivity index (χ4v) is 3.03. The van der Waals surface area contributed by atoms with Gasteiger partial charge >= 0.3 is 0 Å². The predicted octanol–water partition coefficient (Wildman–Crippen LogP) is 2.57. The number of fused-ring (bicyclic) bond motifs is 1. The van der Waals surface area contributed by atoms with Gasteiger partial charge in [0.05, 0.1) is 0 Å². The first kappa shape index (κ1) is 15.9. The number of halogens is 2. The van der Waals surface area contributed by atoms with Crippen LogP contribution >= 0.6 is 28.3 Å². The van der Waals surface area contributed by atoms with Crippen LogP contribution in [-0.4, -0.2) is 37.2 Å². The van der Waals surface area contributed by atoms with Gasteiger partial charge in [-0.3, -0.25) is 4.90 Å². The third-order valence-electron chi connectivity index (χ3n) is 3.74. The van der Waals surface area contributed by atoms with Crippen molar-refractivity contribution in [1.82, 2.24) is 4.90 Å². The summed E-state index contributed by atoms with van der Waals surface area (Å²) in [5.74, 6) is 1.70. The zero-order chi connectivity index (χ0) is 13.2. The van der Waals surface area contributed by atoms with Crippen LogP contribution in [-0.2, 0) is 6.54 Å². The maximum Gasteiger partial charge on any atom is 0.162 e. The molecular weight excluding hydrogens is 344 g/mol. The first-order chi connectivity index (χ1) is 9.22. The van der Waals surface area contributed by atoms with Crippen molar-refractivity contribution in [3.05, 3.63) is 22.2 Å². The SMILES string of the molecule is Cl.NC1CCN(Cc2cc3c(cc2Br)OCCO3)CC1. The second-order valence-electron chi connectivity index (χ2n) is 5.20. The Hall–Kier alpha value is -0.490. The first-order valence-electron chi connectivity index (χ1n) is 6.78. The molecule has 1 aromatic rings. The van der Waals surface area contributed by atoms with E-state index in [1.54, 1.807) is 0 Å². The quantitative estimate of drug-likeness (QED) is 0.877. The number of nitrogens with zero attached hydrogens (tertiary/aromatic N) is 1. The Kier molecular flexibility index (Phi) is 5.55. The lowest BCUT2D eigenvalue weighted by molar-refractivity contribution is 0.170. The number of hydrogen-bond donors (Lipinski definition) is 1. The van der Waals surface area contributed by atoms with E-state index in [2.05, 4.69) is 26.9 Å². The van der Waals surface area contributed by atoms with E-state index in [1.165, 1.54) is 5.56 Å². The Morgan fingerprint density at radius 2 is 1.75 bits per heavy atom. The van der Waals surface area contributed by atoms with Crippen molar-refractivity contribution in [2.45, 2.75) is 25.4 Å². The summed E-state index contributed by atoms with van der Waals surface area (Å²) >= 11 is 3.63. The van der Waals surface area contributed by atoms with Gasteiger partial charge in [0.25, 0.3) is 0 Å². The van der Waals surface area contributed by atoms with E-state index in [4.69, 9.17) is 15.2 Å². The van der Waals surface area contributed by atoms with Crippen LogP contribution in [0.15, 0.2) is 16.6 Å². The lowest BCUT2D eigenvalue weighted by Crippen LogP contribution is -2.39. The largest absolute Gasteiger partial charge is 0.486 e. The smallest absolute Gasteiger partial charge is 0.162 e. The van der Waals surface area contributed by atoms with Gasteiger partial charge in [0.2, 0.25) is 0 Å². The second kappa shape index (κ2) is 6.98. The van der Waals surface area contributed by atoms with Crippen molar-refractivity contribution < 1.29 is 9.47 Å². The van der Waals surface area contributed by atoms with E-state index in [9.17, 15) is 0 Å². The van der Waals surface area contributed by atoms with Crippen molar-refractivity contribution in [3.8, 4) is 11.5 Å². The molecular formula is C14H20BrClN2O2. The Morgan fingerprint density at radius 1 is 1.15 bits per heavy atom. The first-order valence-corrected chi connectivity index (χ1v) is 7.57. The molecule has 4 nitrogen and oxygen atoms in total. The molecule has 0 saturated carbocycles. The van der Waals surface area contributed by atoms with Crippen LogP contribution in [0.3, 0.4) is 0 Å². The highest BCUT2D eigenvalue weighted by atomic mass is 79.9. The van der Waals surface area contributed by atoms with Gasteiger partial charge in [-0.1, -0.05) is 15.9 Å². The Morgan fingerprint density at radius 3 is 2.40 bits per heavy atom. The third-order valence-corrected chi connectivity index (χ3v) is 4.48. The van der Waals surface area contributed by atoms with Crippen molar-refractivity contribution >= 4 is 28.3 Å². The molecule has 112 valence electrons. The summed E-state index contributed by atoms with van der Waals surface area (Å²) in [5, 5.41) is 0. The highest BCUT2D eigenvalue weighted by Gasteiger charge is 2.19. The summed E-state index contributed by atoms with van der Waals surface area (Å²) in [4.78, 5) is 2.44. The molecule has 2 aliphatic heterocycles. The number of piperidine rings is 1.